The molecule has 0 radical (unpaired) electrons. The Hall–Kier alpha value is -1.71. The summed E-state index contributed by atoms with van der Waals surface area (Å²) in [5.41, 5.74) is 7.53. The van der Waals surface area contributed by atoms with E-state index in [4.69, 9.17) is 26.8 Å². The molecule has 2 aromatic carbocycles. The van der Waals surface area contributed by atoms with Crippen LogP contribution >= 0.6 is 35.6 Å². The summed E-state index contributed by atoms with van der Waals surface area (Å²) in [5.74, 6) is 1.55. The van der Waals surface area contributed by atoms with E-state index < -0.39 is 6.10 Å². The molecule has 0 heterocycles. The van der Waals surface area contributed by atoms with Crippen molar-refractivity contribution in [1.29, 1.82) is 0 Å². The number of ether oxygens (including phenoxy) is 2. The molecule has 0 saturated heterocycles. The Morgan fingerprint density at radius 3 is 2.42 bits per heavy atom. The topological polar surface area (TPSA) is 89.1 Å². The van der Waals surface area contributed by atoms with Crippen molar-refractivity contribution in [2.45, 2.75) is 12.6 Å². The summed E-state index contributed by atoms with van der Waals surface area (Å²) < 4.78 is 10.5. The molecule has 0 spiro atoms. The molecule has 142 valence electrons. The quantitative estimate of drug-likeness (QED) is 0.315. The SMILES string of the molecule is COc1ccc(CN=C(N)NCC(O)c2ccc(Cl)cc2)cc1OC.I. The summed E-state index contributed by atoms with van der Waals surface area (Å²) in [6.45, 7) is 0.638. The van der Waals surface area contributed by atoms with E-state index in [2.05, 4.69) is 10.3 Å². The van der Waals surface area contributed by atoms with Crippen LogP contribution in [0.4, 0.5) is 0 Å². The average molecular weight is 492 g/mol. The van der Waals surface area contributed by atoms with Gasteiger partial charge >= 0.3 is 0 Å². The second-order valence-corrected chi connectivity index (χ2v) is 5.78. The Balaban J connectivity index is 0.00000338. The summed E-state index contributed by atoms with van der Waals surface area (Å²) >= 11 is 5.83. The van der Waals surface area contributed by atoms with Gasteiger partial charge in [0.1, 0.15) is 0 Å². The van der Waals surface area contributed by atoms with Crippen molar-refractivity contribution < 1.29 is 14.6 Å². The number of aliphatic hydroxyl groups is 1. The highest BCUT2D eigenvalue weighted by Gasteiger charge is 2.08. The fourth-order valence-corrected chi connectivity index (χ4v) is 2.34. The number of guanidine groups is 1. The van der Waals surface area contributed by atoms with E-state index in [0.29, 0.717) is 23.1 Å². The van der Waals surface area contributed by atoms with Crippen LogP contribution in [-0.4, -0.2) is 31.8 Å². The molecule has 1 atom stereocenters. The molecular formula is C18H23ClIN3O3. The summed E-state index contributed by atoms with van der Waals surface area (Å²) in [4.78, 5) is 4.26. The van der Waals surface area contributed by atoms with Crippen molar-refractivity contribution in [3.63, 3.8) is 0 Å². The summed E-state index contributed by atoms with van der Waals surface area (Å²) in [7, 11) is 3.17. The second kappa shape index (κ2) is 11.1. The number of nitrogens with one attached hydrogen (secondary N) is 1. The van der Waals surface area contributed by atoms with Crippen LogP contribution in [0, 0.1) is 0 Å². The number of hydrogen-bond acceptors (Lipinski definition) is 4. The number of aliphatic hydroxyl groups excluding tert-OH is 1. The van der Waals surface area contributed by atoms with Crippen LogP contribution in [-0.2, 0) is 6.54 Å². The minimum atomic E-state index is -0.702. The van der Waals surface area contributed by atoms with Crippen molar-refractivity contribution in [2.24, 2.45) is 10.7 Å². The van der Waals surface area contributed by atoms with Gasteiger partial charge in [0.15, 0.2) is 17.5 Å². The number of rotatable bonds is 7. The third-order valence-corrected chi connectivity index (χ3v) is 3.86. The van der Waals surface area contributed by atoms with Gasteiger partial charge in [0.05, 0.1) is 26.9 Å². The molecule has 0 aliphatic heterocycles. The fraction of sp³-hybridized carbons (Fsp3) is 0.278. The normalized spacial score (nSPS) is 12.1. The van der Waals surface area contributed by atoms with Crippen LogP contribution in [0.25, 0.3) is 0 Å². The summed E-state index contributed by atoms with van der Waals surface area (Å²) in [5, 5.41) is 13.7. The van der Waals surface area contributed by atoms with Crippen molar-refractivity contribution in [1.82, 2.24) is 5.32 Å². The van der Waals surface area contributed by atoms with E-state index in [1.165, 1.54) is 0 Å². The Kier molecular flexibility index (Phi) is 9.53. The van der Waals surface area contributed by atoms with Gasteiger partial charge in [0, 0.05) is 11.6 Å². The standard InChI is InChI=1S/C18H22ClN3O3.HI/c1-24-16-8-3-12(9-17(16)25-2)10-21-18(20)22-11-15(23)13-4-6-14(19)7-5-13;/h3-9,15,23H,10-11H2,1-2H3,(H3,20,21,22);1H. The highest BCUT2D eigenvalue weighted by atomic mass is 127. The van der Waals surface area contributed by atoms with Crippen LogP contribution < -0.4 is 20.5 Å². The largest absolute Gasteiger partial charge is 0.493 e. The molecule has 0 aliphatic rings. The highest BCUT2D eigenvalue weighted by Crippen LogP contribution is 2.27. The Morgan fingerprint density at radius 1 is 1.15 bits per heavy atom. The summed E-state index contributed by atoms with van der Waals surface area (Å²) in [6, 6.07) is 12.6. The van der Waals surface area contributed by atoms with Gasteiger partial charge in [-0.1, -0.05) is 29.8 Å². The third kappa shape index (κ3) is 6.54. The van der Waals surface area contributed by atoms with Crippen LogP contribution in [0.3, 0.4) is 0 Å². The molecule has 4 N–H and O–H groups in total. The predicted octanol–water partition coefficient (Wildman–Crippen LogP) is 3.11. The van der Waals surface area contributed by atoms with Gasteiger partial charge in [-0.15, -0.1) is 24.0 Å². The Labute approximate surface area is 175 Å². The van der Waals surface area contributed by atoms with E-state index in [1.54, 1.807) is 38.5 Å². The lowest BCUT2D eigenvalue weighted by molar-refractivity contribution is 0.181. The Morgan fingerprint density at radius 2 is 1.81 bits per heavy atom. The highest BCUT2D eigenvalue weighted by molar-refractivity contribution is 14.0. The smallest absolute Gasteiger partial charge is 0.189 e. The minimum Gasteiger partial charge on any atom is -0.493 e. The van der Waals surface area contributed by atoms with Crippen molar-refractivity contribution >= 4 is 41.5 Å². The number of aliphatic imine (C=N–C) groups is 1. The average Bonchev–Trinajstić information content (AvgIpc) is 2.64. The number of halogens is 2. The molecule has 0 aromatic heterocycles. The van der Waals surface area contributed by atoms with E-state index in [-0.39, 0.29) is 36.5 Å². The predicted molar refractivity (Wildman–Crippen MR) is 115 cm³/mol. The van der Waals surface area contributed by atoms with Gasteiger partial charge in [0.2, 0.25) is 0 Å². The number of hydrogen-bond donors (Lipinski definition) is 3. The molecule has 8 heteroatoms. The summed E-state index contributed by atoms with van der Waals surface area (Å²) in [6.07, 6.45) is -0.702. The maximum absolute atomic E-state index is 10.1. The lowest BCUT2D eigenvalue weighted by Gasteiger charge is -2.13. The van der Waals surface area contributed by atoms with E-state index in [9.17, 15) is 5.11 Å². The maximum atomic E-state index is 10.1. The zero-order chi connectivity index (χ0) is 18.2. The minimum absolute atomic E-state index is 0. The number of nitrogens with two attached hydrogens (primary N) is 1. The van der Waals surface area contributed by atoms with Gasteiger partial charge < -0.3 is 25.6 Å². The zero-order valence-corrected chi connectivity index (χ0v) is 17.7. The molecule has 6 nitrogen and oxygen atoms in total. The van der Waals surface area contributed by atoms with Crippen LogP contribution in [0.1, 0.15) is 17.2 Å². The first-order chi connectivity index (χ1) is 12.0. The number of methoxy groups -OCH3 is 2. The van der Waals surface area contributed by atoms with Gasteiger partial charge in [-0.2, -0.15) is 0 Å². The first kappa shape index (κ1) is 22.3. The first-order valence-electron chi connectivity index (χ1n) is 7.71. The molecule has 26 heavy (non-hydrogen) atoms. The molecule has 2 aromatic rings. The molecule has 0 bridgehead atoms. The Bertz CT molecular complexity index is 726. The monoisotopic (exact) mass is 491 g/mol. The van der Waals surface area contributed by atoms with Crippen LogP contribution in [0.2, 0.25) is 5.02 Å². The fourth-order valence-electron chi connectivity index (χ4n) is 2.22. The molecular weight excluding hydrogens is 469 g/mol. The van der Waals surface area contributed by atoms with Gasteiger partial charge in [-0.25, -0.2) is 4.99 Å². The van der Waals surface area contributed by atoms with Gasteiger partial charge in [-0.05, 0) is 35.4 Å². The number of benzene rings is 2. The maximum Gasteiger partial charge on any atom is 0.189 e. The third-order valence-electron chi connectivity index (χ3n) is 3.61. The van der Waals surface area contributed by atoms with E-state index in [1.807, 2.05) is 18.2 Å². The molecule has 0 amide bonds. The molecule has 2 rings (SSSR count). The van der Waals surface area contributed by atoms with Crippen molar-refractivity contribution in [2.75, 3.05) is 20.8 Å². The lowest BCUT2D eigenvalue weighted by Crippen LogP contribution is -2.34. The molecule has 0 aliphatic carbocycles. The zero-order valence-electron chi connectivity index (χ0n) is 14.6. The van der Waals surface area contributed by atoms with E-state index >= 15 is 0 Å². The van der Waals surface area contributed by atoms with Gasteiger partial charge in [0.25, 0.3) is 0 Å². The molecule has 0 saturated carbocycles. The molecule has 0 fully saturated rings. The van der Waals surface area contributed by atoms with Crippen LogP contribution in [0.15, 0.2) is 47.5 Å². The lowest BCUT2D eigenvalue weighted by atomic mass is 10.1. The van der Waals surface area contributed by atoms with E-state index in [0.717, 1.165) is 11.1 Å². The second-order valence-electron chi connectivity index (χ2n) is 5.34. The van der Waals surface area contributed by atoms with Crippen molar-refractivity contribution in [3.8, 4) is 11.5 Å². The number of nitrogens with zero attached hydrogens (tertiary/aromatic N) is 1. The van der Waals surface area contributed by atoms with Crippen molar-refractivity contribution in [3.05, 3.63) is 58.6 Å². The first-order valence-corrected chi connectivity index (χ1v) is 8.09. The van der Waals surface area contributed by atoms with Gasteiger partial charge in [-0.3, -0.25) is 0 Å². The molecule has 1 unspecified atom stereocenters. The van der Waals surface area contributed by atoms with Crippen LogP contribution in [0.5, 0.6) is 11.5 Å².